The van der Waals surface area contributed by atoms with Crippen molar-refractivity contribution in [2.24, 2.45) is 0 Å². The van der Waals surface area contributed by atoms with Gasteiger partial charge in [-0.3, -0.25) is 0 Å². The summed E-state index contributed by atoms with van der Waals surface area (Å²) >= 11 is 5.93. The molecular weight excluding hydrogens is 398 g/mol. The van der Waals surface area contributed by atoms with Gasteiger partial charge < -0.3 is 10.2 Å². The van der Waals surface area contributed by atoms with Crippen molar-refractivity contribution in [3.63, 3.8) is 0 Å². The number of urea groups is 1. The molecular formula is C20H24ClN3O3S. The summed E-state index contributed by atoms with van der Waals surface area (Å²) in [4.78, 5) is 14.6. The number of hydrogen-bond acceptors (Lipinski definition) is 3. The summed E-state index contributed by atoms with van der Waals surface area (Å²) in [5, 5.41) is 3.69. The number of carbonyl (C=O) groups is 1. The summed E-state index contributed by atoms with van der Waals surface area (Å²) in [6, 6.07) is 15.5. The smallest absolute Gasteiger partial charge is 0.317 e. The Hall–Kier alpha value is -2.09. The monoisotopic (exact) mass is 421 g/mol. The van der Waals surface area contributed by atoms with Crippen LogP contribution in [0.25, 0.3) is 0 Å². The van der Waals surface area contributed by atoms with Crippen LogP contribution in [0.15, 0.2) is 59.5 Å². The topological polar surface area (TPSA) is 69.7 Å². The number of hydrogen-bond donors (Lipinski definition) is 1. The second kappa shape index (κ2) is 8.94. The molecule has 0 aliphatic carbocycles. The third-order valence-corrected chi connectivity index (χ3v) is 7.05. The molecule has 0 saturated carbocycles. The minimum absolute atomic E-state index is 0.115. The van der Waals surface area contributed by atoms with Crippen molar-refractivity contribution in [2.45, 2.75) is 24.3 Å². The molecule has 1 fully saturated rings. The molecule has 0 spiro atoms. The fourth-order valence-electron chi connectivity index (χ4n) is 3.23. The minimum atomic E-state index is -3.52. The maximum atomic E-state index is 12.7. The molecule has 1 unspecified atom stereocenters. The Morgan fingerprint density at radius 1 is 1.04 bits per heavy atom. The second-order valence-electron chi connectivity index (χ2n) is 6.67. The van der Waals surface area contributed by atoms with Crippen LogP contribution in [0.2, 0.25) is 5.02 Å². The summed E-state index contributed by atoms with van der Waals surface area (Å²) < 4.78 is 26.8. The van der Waals surface area contributed by atoms with E-state index >= 15 is 0 Å². The van der Waals surface area contributed by atoms with Gasteiger partial charge in [0.1, 0.15) is 0 Å². The largest absolute Gasteiger partial charge is 0.331 e. The zero-order chi connectivity index (χ0) is 20.1. The van der Waals surface area contributed by atoms with Gasteiger partial charge >= 0.3 is 6.03 Å². The number of piperazine rings is 1. The van der Waals surface area contributed by atoms with E-state index in [1.165, 1.54) is 4.31 Å². The number of benzene rings is 2. The number of carbonyl (C=O) groups excluding carboxylic acids is 1. The molecule has 0 radical (unpaired) electrons. The van der Waals surface area contributed by atoms with E-state index in [-0.39, 0.29) is 30.1 Å². The molecule has 2 aromatic rings. The Bertz CT molecular complexity index is 896. The highest BCUT2D eigenvalue weighted by Gasteiger charge is 2.30. The van der Waals surface area contributed by atoms with Gasteiger partial charge in [-0.05, 0) is 36.2 Å². The average molecular weight is 422 g/mol. The Morgan fingerprint density at radius 2 is 1.64 bits per heavy atom. The highest BCUT2D eigenvalue weighted by molar-refractivity contribution is 7.89. The fraction of sp³-hybridized carbons (Fsp3) is 0.350. The van der Waals surface area contributed by atoms with E-state index in [4.69, 9.17) is 11.6 Å². The molecule has 3 rings (SSSR count). The standard InChI is InChI=1S/C20H24ClN3O3S/c1-2-19(16-8-10-17(21)11-9-16)22-20(25)23-12-14-24(15-13-23)28(26,27)18-6-4-3-5-7-18/h3-11,19H,2,12-15H2,1H3,(H,22,25). The first-order valence-electron chi connectivity index (χ1n) is 9.28. The van der Waals surface area contributed by atoms with Crippen molar-refractivity contribution < 1.29 is 13.2 Å². The lowest BCUT2D eigenvalue weighted by molar-refractivity contribution is 0.168. The molecule has 0 bridgehead atoms. The van der Waals surface area contributed by atoms with Crippen molar-refractivity contribution in [1.29, 1.82) is 0 Å². The van der Waals surface area contributed by atoms with Crippen molar-refractivity contribution in [2.75, 3.05) is 26.2 Å². The average Bonchev–Trinajstić information content (AvgIpc) is 2.73. The molecule has 1 aliphatic heterocycles. The molecule has 2 aromatic carbocycles. The first kappa shape index (κ1) is 20.6. The molecule has 6 nitrogen and oxygen atoms in total. The van der Waals surface area contributed by atoms with E-state index in [2.05, 4.69) is 5.32 Å². The Balaban J connectivity index is 1.59. The summed E-state index contributed by atoms with van der Waals surface area (Å²) in [7, 11) is -3.52. The van der Waals surface area contributed by atoms with Crippen LogP contribution in [-0.2, 0) is 10.0 Å². The van der Waals surface area contributed by atoms with Crippen LogP contribution in [0.1, 0.15) is 24.9 Å². The zero-order valence-corrected chi connectivity index (χ0v) is 17.3. The van der Waals surface area contributed by atoms with Gasteiger partial charge in [-0.25, -0.2) is 13.2 Å². The van der Waals surface area contributed by atoms with E-state index in [0.717, 1.165) is 12.0 Å². The van der Waals surface area contributed by atoms with E-state index < -0.39 is 10.0 Å². The molecule has 8 heteroatoms. The minimum Gasteiger partial charge on any atom is -0.331 e. The molecule has 2 amide bonds. The van der Waals surface area contributed by atoms with E-state index in [0.29, 0.717) is 18.1 Å². The molecule has 0 aromatic heterocycles. The summed E-state index contributed by atoms with van der Waals surface area (Å²) in [6.45, 7) is 3.28. The summed E-state index contributed by atoms with van der Waals surface area (Å²) in [5.41, 5.74) is 0.991. The zero-order valence-electron chi connectivity index (χ0n) is 15.7. The van der Waals surface area contributed by atoms with Gasteiger partial charge in [0.15, 0.2) is 0 Å². The summed E-state index contributed by atoms with van der Waals surface area (Å²) in [5.74, 6) is 0. The van der Waals surface area contributed by atoms with Crippen LogP contribution in [0.5, 0.6) is 0 Å². The van der Waals surface area contributed by atoms with Crippen molar-refractivity contribution in [3.8, 4) is 0 Å². The quantitative estimate of drug-likeness (QED) is 0.803. The van der Waals surface area contributed by atoms with Crippen LogP contribution >= 0.6 is 11.6 Å². The lowest BCUT2D eigenvalue weighted by Gasteiger charge is -2.34. The number of rotatable bonds is 5. The van der Waals surface area contributed by atoms with Crippen LogP contribution in [0.4, 0.5) is 4.79 Å². The lowest BCUT2D eigenvalue weighted by atomic mass is 10.1. The first-order valence-corrected chi connectivity index (χ1v) is 11.1. The van der Waals surface area contributed by atoms with Crippen LogP contribution in [-0.4, -0.2) is 49.8 Å². The van der Waals surface area contributed by atoms with Gasteiger partial charge in [-0.15, -0.1) is 0 Å². The van der Waals surface area contributed by atoms with E-state index in [1.54, 1.807) is 47.4 Å². The third kappa shape index (κ3) is 4.66. The fourth-order valence-corrected chi connectivity index (χ4v) is 4.80. The molecule has 1 aliphatic rings. The number of nitrogens with one attached hydrogen (secondary N) is 1. The van der Waals surface area contributed by atoms with Crippen molar-refractivity contribution in [3.05, 3.63) is 65.2 Å². The predicted molar refractivity (Wildman–Crippen MR) is 110 cm³/mol. The van der Waals surface area contributed by atoms with Gasteiger partial charge in [0.25, 0.3) is 0 Å². The van der Waals surface area contributed by atoms with Gasteiger partial charge in [0.2, 0.25) is 10.0 Å². The normalized spacial score (nSPS) is 16.6. The van der Waals surface area contributed by atoms with E-state index in [9.17, 15) is 13.2 Å². The lowest BCUT2D eigenvalue weighted by Crippen LogP contribution is -2.53. The number of nitrogens with zero attached hydrogens (tertiary/aromatic N) is 2. The van der Waals surface area contributed by atoms with Crippen molar-refractivity contribution in [1.82, 2.24) is 14.5 Å². The molecule has 1 atom stereocenters. The summed E-state index contributed by atoms with van der Waals surface area (Å²) in [6.07, 6.45) is 0.746. The van der Waals surface area contributed by atoms with Gasteiger partial charge in [0, 0.05) is 31.2 Å². The van der Waals surface area contributed by atoms with Crippen LogP contribution in [0.3, 0.4) is 0 Å². The van der Waals surface area contributed by atoms with Crippen LogP contribution < -0.4 is 5.32 Å². The molecule has 28 heavy (non-hydrogen) atoms. The highest BCUT2D eigenvalue weighted by atomic mass is 35.5. The second-order valence-corrected chi connectivity index (χ2v) is 9.04. The Kier molecular flexibility index (Phi) is 6.59. The predicted octanol–water partition coefficient (Wildman–Crippen LogP) is 3.51. The van der Waals surface area contributed by atoms with Crippen molar-refractivity contribution >= 4 is 27.7 Å². The number of amides is 2. The van der Waals surface area contributed by atoms with Gasteiger partial charge in [-0.2, -0.15) is 4.31 Å². The maximum absolute atomic E-state index is 12.7. The first-order chi connectivity index (χ1) is 13.4. The van der Waals surface area contributed by atoms with Gasteiger partial charge in [0.05, 0.1) is 10.9 Å². The molecule has 1 saturated heterocycles. The number of sulfonamides is 1. The Labute approximate surface area is 171 Å². The maximum Gasteiger partial charge on any atom is 0.317 e. The van der Waals surface area contributed by atoms with Gasteiger partial charge in [-0.1, -0.05) is 48.9 Å². The Morgan fingerprint density at radius 3 is 2.21 bits per heavy atom. The van der Waals surface area contributed by atoms with E-state index in [1.807, 2.05) is 19.1 Å². The van der Waals surface area contributed by atoms with Crippen LogP contribution in [0, 0.1) is 0 Å². The SMILES string of the molecule is CCC(NC(=O)N1CCN(S(=O)(=O)c2ccccc2)CC1)c1ccc(Cl)cc1. The third-order valence-electron chi connectivity index (χ3n) is 4.89. The molecule has 1 heterocycles. The number of halogens is 1. The molecule has 1 N–H and O–H groups in total. The molecule has 150 valence electrons. The highest BCUT2D eigenvalue weighted by Crippen LogP contribution is 2.21.